The van der Waals surface area contributed by atoms with Gasteiger partial charge in [0.15, 0.2) is 5.82 Å². The Labute approximate surface area is 83.0 Å². The van der Waals surface area contributed by atoms with Crippen molar-refractivity contribution >= 4 is 0 Å². The van der Waals surface area contributed by atoms with Gasteiger partial charge in [-0.25, -0.2) is 0 Å². The van der Waals surface area contributed by atoms with E-state index in [1.807, 2.05) is 0 Å². The van der Waals surface area contributed by atoms with Crippen LogP contribution in [0.15, 0.2) is 24.3 Å². The molecule has 0 amide bonds. The predicted molar refractivity (Wildman–Crippen MR) is 46.2 cm³/mol. The minimum atomic E-state index is -2.84. The van der Waals surface area contributed by atoms with E-state index in [0.717, 1.165) is 0 Å². The highest BCUT2D eigenvalue weighted by molar-refractivity contribution is 5.62. The molecule has 0 aliphatic rings. The Bertz CT molecular complexity index is 471. The van der Waals surface area contributed by atoms with Crippen LogP contribution in [0.25, 0.3) is 11.4 Å². The van der Waals surface area contributed by atoms with Crippen LogP contribution in [0.2, 0.25) is 0 Å². The highest BCUT2D eigenvalue weighted by Gasteiger charge is 2.18. The summed E-state index contributed by atoms with van der Waals surface area (Å²) < 4.78 is 25.2. The maximum atomic E-state index is 12.4. The SMILES string of the molecule is Oc1ccccc1-c1nnnn1C(F)F. The number of alkyl halides is 2. The lowest BCUT2D eigenvalue weighted by molar-refractivity contribution is 0.0564. The molecule has 2 aromatic rings. The lowest BCUT2D eigenvalue weighted by atomic mass is 10.2. The van der Waals surface area contributed by atoms with E-state index < -0.39 is 6.55 Å². The summed E-state index contributed by atoms with van der Waals surface area (Å²) in [4.78, 5) is 0. The first-order chi connectivity index (χ1) is 7.20. The summed E-state index contributed by atoms with van der Waals surface area (Å²) in [5.74, 6) is -0.308. The Morgan fingerprint density at radius 2 is 2.00 bits per heavy atom. The summed E-state index contributed by atoms with van der Waals surface area (Å²) in [5, 5.41) is 19.1. The lowest BCUT2D eigenvalue weighted by Crippen LogP contribution is -2.03. The van der Waals surface area contributed by atoms with E-state index >= 15 is 0 Å². The van der Waals surface area contributed by atoms with Gasteiger partial charge in [0.2, 0.25) is 0 Å². The fourth-order valence-electron chi connectivity index (χ4n) is 1.17. The molecule has 1 heterocycles. The standard InChI is InChI=1S/C8H6F2N4O/c9-8(10)14-7(11-12-13-14)5-3-1-2-4-6(5)15/h1-4,8,15H. The minimum absolute atomic E-state index is 0.144. The van der Waals surface area contributed by atoms with Gasteiger partial charge in [-0.1, -0.05) is 12.1 Å². The summed E-state index contributed by atoms with van der Waals surface area (Å²) in [6.07, 6.45) is 0. The van der Waals surface area contributed by atoms with Gasteiger partial charge in [0, 0.05) is 0 Å². The van der Waals surface area contributed by atoms with Gasteiger partial charge in [0.25, 0.3) is 0 Å². The number of phenolic OH excluding ortho intramolecular Hbond substituents is 1. The van der Waals surface area contributed by atoms with Crippen LogP contribution in [0, 0.1) is 0 Å². The van der Waals surface area contributed by atoms with Crippen molar-refractivity contribution in [1.29, 1.82) is 0 Å². The van der Waals surface area contributed by atoms with Crippen LogP contribution >= 0.6 is 0 Å². The molecule has 15 heavy (non-hydrogen) atoms. The van der Waals surface area contributed by atoms with Crippen molar-refractivity contribution in [2.24, 2.45) is 0 Å². The van der Waals surface area contributed by atoms with Gasteiger partial charge in [-0.15, -0.1) is 5.10 Å². The number of halogens is 2. The quantitative estimate of drug-likeness (QED) is 0.818. The van der Waals surface area contributed by atoms with E-state index in [4.69, 9.17) is 0 Å². The number of benzene rings is 1. The van der Waals surface area contributed by atoms with Crippen LogP contribution in [0.3, 0.4) is 0 Å². The highest BCUT2D eigenvalue weighted by Crippen LogP contribution is 2.28. The third-order valence-electron chi connectivity index (χ3n) is 1.82. The van der Waals surface area contributed by atoms with Crippen LogP contribution < -0.4 is 0 Å². The number of tetrazole rings is 1. The van der Waals surface area contributed by atoms with Gasteiger partial charge < -0.3 is 5.11 Å². The van der Waals surface area contributed by atoms with Crippen molar-refractivity contribution in [2.45, 2.75) is 6.55 Å². The maximum Gasteiger partial charge on any atom is 0.336 e. The number of phenols is 1. The van der Waals surface area contributed by atoms with Crippen LogP contribution in [-0.2, 0) is 0 Å². The van der Waals surface area contributed by atoms with Crippen molar-refractivity contribution in [1.82, 2.24) is 20.2 Å². The molecular weight excluding hydrogens is 206 g/mol. The second kappa shape index (κ2) is 3.60. The predicted octanol–water partition coefficient (Wildman–Crippen LogP) is 1.44. The van der Waals surface area contributed by atoms with Crippen molar-refractivity contribution in [3.05, 3.63) is 24.3 Å². The van der Waals surface area contributed by atoms with E-state index in [9.17, 15) is 13.9 Å². The Balaban J connectivity index is 2.55. The van der Waals surface area contributed by atoms with Crippen molar-refractivity contribution in [3.8, 4) is 17.1 Å². The number of hydrogen-bond acceptors (Lipinski definition) is 4. The molecule has 0 radical (unpaired) electrons. The molecule has 1 aromatic carbocycles. The molecule has 7 heteroatoms. The smallest absolute Gasteiger partial charge is 0.336 e. The van der Waals surface area contributed by atoms with Crippen molar-refractivity contribution < 1.29 is 13.9 Å². The molecule has 0 atom stereocenters. The molecule has 0 spiro atoms. The molecule has 0 aliphatic carbocycles. The topological polar surface area (TPSA) is 63.8 Å². The average Bonchev–Trinajstić information content (AvgIpc) is 2.67. The van der Waals surface area contributed by atoms with Gasteiger partial charge in [-0.05, 0) is 22.6 Å². The first kappa shape index (κ1) is 9.50. The number of aromatic nitrogens is 4. The van der Waals surface area contributed by atoms with Crippen LogP contribution in [-0.4, -0.2) is 25.3 Å². The van der Waals surface area contributed by atoms with Gasteiger partial charge in [-0.3, -0.25) is 0 Å². The Hall–Kier alpha value is -2.05. The van der Waals surface area contributed by atoms with Crippen LogP contribution in [0.4, 0.5) is 8.78 Å². The molecule has 0 unspecified atom stereocenters. The highest BCUT2D eigenvalue weighted by atomic mass is 19.3. The molecule has 0 bridgehead atoms. The molecule has 0 saturated heterocycles. The monoisotopic (exact) mass is 212 g/mol. The molecule has 2 rings (SSSR count). The first-order valence-electron chi connectivity index (χ1n) is 4.04. The van der Waals surface area contributed by atoms with E-state index in [0.29, 0.717) is 4.68 Å². The third-order valence-corrected chi connectivity index (χ3v) is 1.82. The van der Waals surface area contributed by atoms with E-state index in [1.165, 1.54) is 12.1 Å². The zero-order valence-electron chi connectivity index (χ0n) is 7.38. The van der Waals surface area contributed by atoms with Gasteiger partial charge >= 0.3 is 6.55 Å². The zero-order valence-corrected chi connectivity index (χ0v) is 7.38. The summed E-state index contributed by atoms with van der Waals surface area (Å²) in [5.41, 5.74) is 0.169. The van der Waals surface area contributed by atoms with Crippen LogP contribution in [0.1, 0.15) is 6.55 Å². The number of aromatic hydroxyl groups is 1. The molecule has 0 fully saturated rings. The largest absolute Gasteiger partial charge is 0.507 e. The number of hydrogen-bond donors (Lipinski definition) is 1. The lowest BCUT2D eigenvalue weighted by Gasteiger charge is -2.03. The van der Waals surface area contributed by atoms with Gasteiger partial charge in [-0.2, -0.15) is 13.5 Å². The second-order valence-electron chi connectivity index (χ2n) is 2.74. The first-order valence-corrected chi connectivity index (χ1v) is 4.04. The molecule has 1 aromatic heterocycles. The van der Waals surface area contributed by atoms with Crippen LogP contribution in [0.5, 0.6) is 5.75 Å². The average molecular weight is 212 g/mol. The van der Waals surface area contributed by atoms with Crippen molar-refractivity contribution in [2.75, 3.05) is 0 Å². The minimum Gasteiger partial charge on any atom is -0.507 e. The van der Waals surface area contributed by atoms with Gasteiger partial charge in [0.05, 0.1) is 5.56 Å². The Morgan fingerprint density at radius 3 is 2.67 bits per heavy atom. The summed E-state index contributed by atoms with van der Waals surface area (Å²) >= 11 is 0. The van der Waals surface area contributed by atoms with Crippen molar-refractivity contribution in [3.63, 3.8) is 0 Å². The molecule has 5 nitrogen and oxygen atoms in total. The number of para-hydroxylation sites is 1. The molecule has 0 aliphatic heterocycles. The maximum absolute atomic E-state index is 12.4. The Morgan fingerprint density at radius 1 is 1.27 bits per heavy atom. The summed E-state index contributed by atoms with van der Waals surface area (Å²) in [7, 11) is 0. The third kappa shape index (κ3) is 1.63. The summed E-state index contributed by atoms with van der Waals surface area (Å²) in [6.45, 7) is -2.84. The molecular formula is C8H6F2N4O. The van der Waals surface area contributed by atoms with E-state index in [-0.39, 0.29) is 17.1 Å². The molecule has 0 saturated carbocycles. The molecule has 1 N–H and O–H groups in total. The zero-order chi connectivity index (χ0) is 10.8. The normalized spacial score (nSPS) is 10.9. The van der Waals surface area contributed by atoms with E-state index in [1.54, 1.807) is 12.1 Å². The van der Waals surface area contributed by atoms with E-state index in [2.05, 4.69) is 15.5 Å². The number of rotatable bonds is 2. The summed E-state index contributed by atoms with van der Waals surface area (Å²) in [6, 6.07) is 6.01. The second-order valence-corrected chi connectivity index (χ2v) is 2.74. The fourth-order valence-corrected chi connectivity index (χ4v) is 1.17. The number of nitrogens with zero attached hydrogens (tertiary/aromatic N) is 4. The Kier molecular flexibility index (Phi) is 2.28. The van der Waals surface area contributed by atoms with Gasteiger partial charge in [0.1, 0.15) is 5.75 Å². The molecule has 78 valence electrons. The fraction of sp³-hybridized carbons (Fsp3) is 0.125.